The second-order valence-electron chi connectivity index (χ2n) is 15.1. The van der Waals surface area contributed by atoms with Gasteiger partial charge in [0, 0.05) is 27.7 Å². The Labute approximate surface area is 366 Å². The van der Waals surface area contributed by atoms with Gasteiger partial charge >= 0.3 is 35.9 Å². The molecule has 19 heteroatoms. The van der Waals surface area contributed by atoms with Crippen molar-refractivity contribution in [1.29, 1.82) is 0 Å². The topological polar surface area (TPSA) is 236 Å². The molecule has 0 saturated carbocycles. The fourth-order valence-corrected chi connectivity index (χ4v) is 6.36. The summed E-state index contributed by atoms with van der Waals surface area (Å²) in [5.74, 6) is -4.41. The molecule has 6 atom stereocenters. The van der Waals surface area contributed by atoms with E-state index in [4.69, 9.17) is 53.8 Å². The number of carbonyl (C=O) groups is 7. The van der Waals surface area contributed by atoms with E-state index in [2.05, 4.69) is 16.6 Å². The lowest BCUT2D eigenvalue weighted by Gasteiger charge is -2.48. The molecule has 1 fully saturated rings. The van der Waals surface area contributed by atoms with Gasteiger partial charge in [0.15, 0.2) is 12.2 Å². The summed E-state index contributed by atoms with van der Waals surface area (Å²) in [7, 11) is 1.05. The van der Waals surface area contributed by atoms with Crippen LogP contribution in [0.2, 0.25) is 0 Å². The number of amides is 2. The van der Waals surface area contributed by atoms with Crippen LogP contribution in [-0.4, -0.2) is 130 Å². The zero-order chi connectivity index (χ0) is 46.7. The standard InChI is InChI=1S/C44H56N2O17/c1-10-19-55-20-21-56-22-23-57-44(41(52)54-9)25-35(59-28(3)48)38(46-42(53)63-43(6,7)8)40(62-44)39(61-30(5)50)36(60-29(4)49)26-45-37(51)24-31-11-13-32(14-12-31)33-15-17-34(18-16-33)58-27(2)47/h1,11-18,35-36,38-40H,19-26H2,2-9H3,(H,45,51)(H,46,53)/t35-,36+,38+,39+,40+,44+/m0/s1. The Hall–Kier alpha value is -6.07. The molecule has 0 radical (unpaired) electrons. The zero-order valence-corrected chi connectivity index (χ0v) is 36.7. The highest BCUT2D eigenvalue weighted by atomic mass is 16.7. The van der Waals surface area contributed by atoms with Gasteiger partial charge < -0.3 is 58.0 Å². The van der Waals surface area contributed by atoms with Crippen LogP contribution in [-0.2, 0) is 77.8 Å². The molecule has 2 aromatic carbocycles. The van der Waals surface area contributed by atoms with Crippen LogP contribution in [0.15, 0.2) is 48.5 Å². The van der Waals surface area contributed by atoms with E-state index in [-0.39, 0.29) is 39.5 Å². The molecule has 0 aliphatic carbocycles. The van der Waals surface area contributed by atoms with Gasteiger partial charge in [0.05, 0.1) is 59.0 Å². The Balaban J connectivity index is 1.98. The van der Waals surface area contributed by atoms with Crippen molar-refractivity contribution in [2.45, 2.75) is 103 Å². The first-order valence-corrected chi connectivity index (χ1v) is 19.9. The summed E-state index contributed by atoms with van der Waals surface area (Å²) < 4.78 is 55.8. The predicted molar refractivity (Wildman–Crippen MR) is 220 cm³/mol. The maximum atomic E-state index is 13.7. The van der Waals surface area contributed by atoms with Gasteiger partial charge in [-0.25, -0.2) is 9.59 Å². The fourth-order valence-electron chi connectivity index (χ4n) is 6.36. The van der Waals surface area contributed by atoms with Crippen LogP contribution in [0.1, 0.15) is 60.5 Å². The lowest BCUT2D eigenvalue weighted by atomic mass is 9.88. The van der Waals surface area contributed by atoms with E-state index in [1.165, 1.54) is 6.92 Å². The summed E-state index contributed by atoms with van der Waals surface area (Å²) in [5.41, 5.74) is 1.25. The molecule has 63 heavy (non-hydrogen) atoms. The number of nitrogens with one attached hydrogen (secondary N) is 2. The number of benzene rings is 2. The lowest BCUT2D eigenvalue weighted by Crippen LogP contribution is -2.70. The van der Waals surface area contributed by atoms with Crippen molar-refractivity contribution in [3.05, 3.63) is 54.1 Å². The fraction of sp³-hybridized carbons (Fsp3) is 0.523. The van der Waals surface area contributed by atoms with E-state index in [0.717, 1.165) is 39.0 Å². The number of hydrogen-bond donors (Lipinski definition) is 2. The van der Waals surface area contributed by atoms with Gasteiger partial charge in [0.2, 0.25) is 5.91 Å². The molecule has 2 aromatic rings. The summed E-state index contributed by atoms with van der Waals surface area (Å²) in [6, 6.07) is 12.5. The van der Waals surface area contributed by atoms with Gasteiger partial charge in [0.1, 0.15) is 30.2 Å². The maximum Gasteiger partial charge on any atom is 0.408 e. The van der Waals surface area contributed by atoms with Gasteiger partial charge in [0.25, 0.3) is 5.79 Å². The van der Waals surface area contributed by atoms with Crippen molar-refractivity contribution in [1.82, 2.24) is 10.6 Å². The van der Waals surface area contributed by atoms with E-state index in [1.807, 2.05) is 0 Å². The normalized spacial score (nSPS) is 19.2. The molecule has 19 nitrogen and oxygen atoms in total. The summed E-state index contributed by atoms with van der Waals surface area (Å²) in [5, 5.41) is 5.29. The van der Waals surface area contributed by atoms with Crippen LogP contribution in [0.3, 0.4) is 0 Å². The van der Waals surface area contributed by atoms with Crippen molar-refractivity contribution < 1.29 is 80.9 Å². The Bertz CT molecular complexity index is 1920. The van der Waals surface area contributed by atoms with Gasteiger partial charge in [-0.05, 0) is 49.6 Å². The summed E-state index contributed by atoms with van der Waals surface area (Å²) in [6.45, 7) is 8.78. The maximum absolute atomic E-state index is 13.7. The van der Waals surface area contributed by atoms with Crippen LogP contribution >= 0.6 is 0 Å². The molecule has 0 bridgehead atoms. The molecule has 2 amide bonds. The third-order valence-corrected chi connectivity index (χ3v) is 8.75. The van der Waals surface area contributed by atoms with Crippen LogP contribution < -0.4 is 15.4 Å². The largest absolute Gasteiger partial charge is 0.465 e. The molecule has 0 aromatic heterocycles. The molecule has 344 valence electrons. The Morgan fingerprint density at radius 1 is 0.825 bits per heavy atom. The van der Waals surface area contributed by atoms with Crippen molar-refractivity contribution in [3.63, 3.8) is 0 Å². The first kappa shape index (κ1) is 51.3. The molecule has 2 N–H and O–H groups in total. The Morgan fingerprint density at radius 3 is 1.98 bits per heavy atom. The summed E-state index contributed by atoms with van der Waals surface area (Å²) in [4.78, 5) is 89.8. The van der Waals surface area contributed by atoms with Crippen LogP contribution in [0, 0.1) is 12.3 Å². The van der Waals surface area contributed by atoms with E-state index in [1.54, 1.807) is 69.3 Å². The SMILES string of the molecule is C#CCOCCOCCO[C@]1(C(=O)OC)C[C@H](OC(C)=O)[C@@H](NC(=O)OC(C)(C)C)[C@H]([C@H](OC(C)=O)[C@@H](CNC(=O)Cc2ccc(-c3ccc(OC(C)=O)cc3)cc2)OC(C)=O)O1. The van der Waals surface area contributed by atoms with E-state index in [0.29, 0.717) is 11.3 Å². The first-order valence-electron chi connectivity index (χ1n) is 19.9. The number of carbonyl (C=O) groups excluding carboxylic acids is 7. The smallest absolute Gasteiger partial charge is 0.408 e. The summed E-state index contributed by atoms with van der Waals surface area (Å²) in [6.07, 6.45) is -3.04. The monoisotopic (exact) mass is 884 g/mol. The van der Waals surface area contributed by atoms with Gasteiger partial charge in [-0.1, -0.05) is 42.3 Å². The van der Waals surface area contributed by atoms with E-state index < -0.39 is 96.7 Å². The second kappa shape index (κ2) is 24.5. The van der Waals surface area contributed by atoms with Crippen LogP contribution in [0.5, 0.6) is 5.75 Å². The highest BCUT2D eigenvalue weighted by molar-refractivity contribution is 5.80. The number of esters is 5. The van der Waals surface area contributed by atoms with Crippen molar-refractivity contribution in [3.8, 4) is 29.2 Å². The number of ether oxygens (including phenoxy) is 10. The predicted octanol–water partition coefficient (Wildman–Crippen LogP) is 2.97. The Morgan fingerprint density at radius 2 is 1.43 bits per heavy atom. The third-order valence-electron chi connectivity index (χ3n) is 8.75. The van der Waals surface area contributed by atoms with Crippen molar-refractivity contribution in [2.24, 2.45) is 0 Å². The highest BCUT2D eigenvalue weighted by Gasteiger charge is 2.59. The molecule has 1 aliphatic rings. The number of methoxy groups -OCH3 is 1. The number of alkyl carbamates (subject to hydrolysis) is 1. The first-order chi connectivity index (χ1) is 29.7. The molecule has 3 rings (SSSR count). The minimum atomic E-state index is -2.41. The van der Waals surface area contributed by atoms with Gasteiger partial charge in [-0.2, -0.15) is 0 Å². The molecule has 1 saturated heterocycles. The zero-order valence-electron chi connectivity index (χ0n) is 36.7. The van der Waals surface area contributed by atoms with Crippen LogP contribution in [0.4, 0.5) is 4.79 Å². The molecular formula is C44H56N2O17. The molecular weight excluding hydrogens is 828 g/mol. The van der Waals surface area contributed by atoms with Gasteiger partial charge in [-0.15, -0.1) is 6.42 Å². The average Bonchev–Trinajstić information content (AvgIpc) is 3.19. The number of rotatable bonds is 21. The lowest BCUT2D eigenvalue weighted by molar-refractivity contribution is -0.315. The molecule has 0 spiro atoms. The van der Waals surface area contributed by atoms with Crippen LogP contribution in [0.25, 0.3) is 11.1 Å². The number of hydrogen-bond acceptors (Lipinski definition) is 17. The van der Waals surface area contributed by atoms with Crippen molar-refractivity contribution >= 4 is 41.8 Å². The van der Waals surface area contributed by atoms with Crippen molar-refractivity contribution in [2.75, 3.05) is 46.7 Å². The van der Waals surface area contributed by atoms with Gasteiger partial charge in [-0.3, -0.25) is 24.0 Å². The quantitative estimate of drug-likeness (QED) is 0.0603. The number of terminal acetylenes is 1. The third kappa shape index (κ3) is 17.3. The highest BCUT2D eigenvalue weighted by Crippen LogP contribution is 2.37. The van der Waals surface area contributed by atoms with E-state index >= 15 is 0 Å². The average molecular weight is 885 g/mol. The second-order valence-corrected chi connectivity index (χ2v) is 15.1. The van der Waals surface area contributed by atoms with E-state index in [9.17, 15) is 33.6 Å². The summed E-state index contributed by atoms with van der Waals surface area (Å²) >= 11 is 0. The molecule has 1 heterocycles. The minimum Gasteiger partial charge on any atom is -0.465 e. The Kier molecular flexibility index (Phi) is 20.0. The molecule has 1 aliphatic heterocycles. The minimum absolute atomic E-state index is 0.0741. The molecule has 0 unspecified atom stereocenters.